The number of aryl methyl sites for hydroxylation is 1. The molecule has 1 aromatic heterocycles. The van der Waals surface area contributed by atoms with Crippen LogP contribution in [0.4, 0.5) is 0 Å². The van der Waals surface area contributed by atoms with Crippen molar-refractivity contribution < 1.29 is 4.79 Å². The molecule has 20 heavy (non-hydrogen) atoms. The predicted molar refractivity (Wildman–Crippen MR) is 75.9 cm³/mol. The van der Waals surface area contributed by atoms with Crippen molar-refractivity contribution in [3.63, 3.8) is 0 Å². The van der Waals surface area contributed by atoms with Crippen molar-refractivity contribution in [1.29, 1.82) is 0 Å². The molecule has 5 nitrogen and oxygen atoms in total. The van der Waals surface area contributed by atoms with Gasteiger partial charge < -0.3 is 11.1 Å². The number of nitrogens with zero attached hydrogens (tertiary/aromatic N) is 2. The van der Waals surface area contributed by atoms with E-state index in [9.17, 15) is 4.79 Å². The molecule has 3 rings (SSSR count). The van der Waals surface area contributed by atoms with Crippen LogP contribution in [0.25, 0.3) is 0 Å². The molecular weight excluding hydrogens is 252 g/mol. The van der Waals surface area contributed by atoms with Crippen LogP contribution in [0.2, 0.25) is 0 Å². The second-order valence-corrected chi connectivity index (χ2v) is 5.29. The lowest BCUT2D eigenvalue weighted by atomic mass is 10.1. The number of amides is 1. The van der Waals surface area contributed by atoms with Crippen molar-refractivity contribution in [2.24, 2.45) is 12.8 Å². The molecule has 1 aromatic carbocycles. The molecule has 5 heteroatoms. The zero-order valence-corrected chi connectivity index (χ0v) is 11.4. The number of rotatable bonds is 4. The van der Waals surface area contributed by atoms with E-state index in [1.807, 2.05) is 18.2 Å². The minimum Gasteiger partial charge on any atom is -0.351 e. The SMILES string of the molecule is Cn1cc(C(N)C(=O)NC2CC2c2ccccc2)cn1. The van der Waals surface area contributed by atoms with Gasteiger partial charge >= 0.3 is 0 Å². The summed E-state index contributed by atoms with van der Waals surface area (Å²) in [6, 6.07) is 9.78. The van der Waals surface area contributed by atoms with E-state index >= 15 is 0 Å². The maximum atomic E-state index is 12.1. The highest BCUT2D eigenvalue weighted by Crippen LogP contribution is 2.40. The van der Waals surface area contributed by atoms with E-state index in [0.717, 1.165) is 12.0 Å². The van der Waals surface area contributed by atoms with Crippen molar-refractivity contribution in [1.82, 2.24) is 15.1 Å². The molecule has 104 valence electrons. The molecule has 3 atom stereocenters. The van der Waals surface area contributed by atoms with E-state index in [-0.39, 0.29) is 11.9 Å². The monoisotopic (exact) mass is 270 g/mol. The van der Waals surface area contributed by atoms with E-state index < -0.39 is 6.04 Å². The Balaban J connectivity index is 1.58. The summed E-state index contributed by atoms with van der Waals surface area (Å²) in [5.74, 6) is 0.280. The summed E-state index contributed by atoms with van der Waals surface area (Å²) < 4.78 is 1.65. The molecule has 1 aliphatic rings. The number of aromatic nitrogens is 2. The van der Waals surface area contributed by atoms with Gasteiger partial charge in [-0.05, 0) is 12.0 Å². The maximum absolute atomic E-state index is 12.1. The van der Waals surface area contributed by atoms with Crippen LogP contribution in [0.15, 0.2) is 42.7 Å². The zero-order valence-electron chi connectivity index (χ0n) is 11.4. The summed E-state index contributed by atoms with van der Waals surface area (Å²) in [4.78, 5) is 12.1. The highest BCUT2D eigenvalue weighted by molar-refractivity contribution is 5.83. The van der Waals surface area contributed by atoms with E-state index in [0.29, 0.717) is 5.92 Å². The number of hydrogen-bond donors (Lipinski definition) is 2. The number of carbonyl (C=O) groups excluding carboxylic acids is 1. The molecule has 2 aromatic rings. The van der Waals surface area contributed by atoms with Gasteiger partial charge in [0.1, 0.15) is 6.04 Å². The Kier molecular flexibility index (Phi) is 3.28. The van der Waals surface area contributed by atoms with Gasteiger partial charge in [0.05, 0.1) is 6.20 Å². The summed E-state index contributed by atoms with van der Waals surface area (Å²) in [5, 5.41) is 7.04. The van der Waals surface area contributed by atoms with Gasteiger partial charge in [-0.2, -0.15) is 5.10 Å². The Morgan fingerprint density at radius 1 is 1.45 bits per heavy atom. The van der Waals surface area contributed by atoms with Gasteiger partial charge in [-0.1, -0.05) is 30.3 Å². The highest BCUT2D eigenvalue weighted by Gasteiger charge is 2.40. The second-order valence-electron chi connectivity index (χ2n) is 5.29. The van der Waals surface area contributed by atoms with Gasteiger partial charge in [-0.3, -0.25) is 9.48 Å². The van der Waals surface area contributed by atoms with Crippen molar-refractivity contribution in [3.05, 3.63) is 53.9 Å². The number of hydrogen-bond acceptors (Lipinski definition) is 3. The van der Waals surface area contributed by atoms with E-state index in [4.69, 9.17) is 5.73 Å². The smallest absolute Gasteiger partial charge is 0.241 e. The first-order valence-electron chi connectivity index (χ1n) is 6.74. The van der Waals surface area contributed by atoms with E-state index in [2.05, 4.69) is 22.5 Å². The van der Waals surface area contributed by atoms with Gasteiger partial charge in [0.15, 0.2) is 0 Å². The minimum atomic E-state index is -0.652. The van der Waals surface area contributed by atoms with Crippen molar-refractivity contribution in [2.75, 3.05) is 0 Å². The lowest BCUT2D eigenvalue weighted by molar-refractivity contribution is -0.122. The third kappa shape index (κ3) is 2.58. The number of carbonyl (C=O) groups is 1. The van der Waals surface area contributed by atoms with Gasteiger partial charge in [0, 0.05) is 30.8 Å². The number of nitrogens with two attached hydrogens (primary N) is 1. The van der Waals surface area contributed by atoms with Gasteiger partial charge in [-0.25, -0.2) is 0 Å². The third-order valence-electron chi connectivity index (χ3n) is 3.71. The molecule has 3 N–H and O–H groups in total. The summed E-state index contributed by atoms with van der Waals surface area (Å²) >= 11 is 0. The van der Waals surface area contributed by atoms with E-state index in [1.54, 1.807) is 24.1 Å². The van der Waals surface area contributed by atoms with Gasteiger partial charge in [-0.15, -0.1) is 0 Å². The molecule has 1 heterocycles. The Morgan fingerprint density at radius 2 is 2.20 bits per heavy atom. The topological polar surface area (TPSA) is 72.9 Å². The fraction of sp³-hybridized carbons (Fsp3) is 0.333. The van der Waals surface area contributed by atoms with Crippen LogP contribution in [0, 0.1) is 0 Å². The van der Waals surface area contributed by atoms with Crippen LogP contribution >= 0.6 is 0 Å². The fourth-order valence-corrected chi connectivity index (χ4v) is 2.45. The zero-order chi connectivity index (χ0) is 14.1. The lowest BCUT2D eigenvalue weighted by Crippen LogP contribution is -2.35. The molecule has 0 spiro atoms. The summed E-state index contributed by atoms with van der Waals surface area (Å²) in [6.45, 7) is 0. The summed E-state index contributed by atoms with van der Waals surface area (Å²) in [6.07, 6.45) is 4.38. The Bertz CT molecular complexity index is 607. The Labute approximate surface area is 117 Å². The Hall–Kier alpha value is -2.14. The first-order chi connectivity index (χ1) is 9.65. The van der Waals surface area contributed by atoms with Crippen molar-refractivity contribution in [3.8, 4) is 0 Å². The summed E-state index contributed by atoms with van der Waals surface area (Å²) in [5.41, 5.74) is 7.96. The van der Waals surface area contributed by atoms with Crippen LogP contribution in [-0.2, 0) is 11.8 Å². The summed E-state index contributed by atoms with van der Waals surface area (Å²) in [7, 11) is 1.81. The third-order valence-corrected chi connectivity index (χ3v) is 3.71. The highest BCUT2D eigenvalue weighted by atomic mass is 16.2. The predicted octanol–water partition coefficient (Wildman–Crippen LogP) is 1.09. The maximum Gasteiger partial charge on any atom is 0.241 e. The second kappa shape index (κ2) is 5.09. The average molecular weight is 270 g/mol. The molecule has 0 bridgehead atoms. The molecule has 1 amide bonds. The largest absolute Gasteiger partial charge is 0.351 e. The molecular formula is C15H18N4O. The molecule has 1 saturated carbocycles. The average Bonchev–Trinajstić information content (AvgIpc) is 3.09. The minimum absolute atomic E-state index is 0.138. The standard InChI is InChI=1S/C15H18N4O/c1-19-9-11(8-17-19)14(16)15(20)18-13-7-12(13)10-5-3-2-4-6-10/h2-6,8-9,12-14H,7,16H2,1H3,(H,18,20). The molecule has 0 saturated heterocycles. The van der Waals surface area contributed by atoms with E-state index in [1.165, 1.54) is 5.56 Å². The Morgan fingerprint density at radius 3 is 2.85 bits per heavy atom. The molecule has 0 radical (unpaired) electrons. The van der Waals surface area contributed by atoms with Crippen LogP contribution in [-0.4, -0.2) is 21.7 Å². The molecule has 1 aliphatic carbocycles. The van der Waals surface area contributed by atoms with Gasteiger partial charge in [0.25, 0.3) is 0 Å². The lowest BCUT2D eigenvalue weighted by Gasteiger charge is -2.10. The first-order valence-corrected chi connectivity index (χ1v) is 6.74. The van der Waals surface area contributed by atoms with Gasteiger partial charge in [0.2, 0.25) is 5.91 Å². The van der Waals surface area contributed by atoms with Crippen molar-refractivity contribution in [2.45, 2.75) is 24.4 Å². The molecule has 0 aliphatic heterocycles. The number of nitrogens with one attached hydrogen (secondary N) is 1. The first kappa shape index (κ1) is 12.9. The van der Waals surface area contributed by atoms with Crippen LogP contribution in [0.1, 0.15) is 29.5 Å². The number of benzene rings is 1. The van der Waals surface area contributed by atoms with Crippen LogP contribution in [0.5, 0.6) is 0 Å². The quantitative estimate of drug-likeness (QED) is 0.873. The molecule has 1 fully saturated rings. The fourth-order valence-electron chi connectivity index (χ4n) is 2.45. The van der Waals surface area contributed by atoms with Crippen molar-refractivity contribution >= 4 is 5.91 Å². The van der Waals surface area contributed by atoms with Crippen LogP contribution in [0.3, 0.4) is 0 Å². The van der Waals surface area contributed by atoms with Crippen LogP contribution < -0.4 is 11.1 Å². The molecule has 3 unspecified atom stereocenters. The normalized spacial score (nSPS) is 22.3.